The van der Waals surface area contributed by atoms with Crippen molar-refractivity contribution >= 4 is 79.5 Å². The molecule has 0 saturated heterocycles. The van der Waals surface area contributed by atoms with Crippen molar-refractivity contribution in [3.05, 3.63) is 423 Å². The first kappa shape index (κ1) is 76.8. The third-order valence-electron chi connectivity index (χ3n) is 24.5. The molecule has 0 bridgehead atoms. The van der Waals surface area contributed by atoms with Crippen LogP contribution in [0.15, 0.2) is 308 Å². The number of allylic oxidation sites excluding steroid dienone is 2. The van der Waals surface area contributed by atoms with E-state index in [9.17, 15) is 0 Å². The SMILES string of the molecule is Cc1ccc(CC2(Cc3ccccc3F)C(Cc3cccc(Cl)c3)(C(=O)OCc3ccccc3Cl)C(Cc3ccccc3)(Cc3cccc(F)c3)C(Cc3ccc(Cl)cc3)(Cc3ccccc3C)C(Cc3cccc(C)c3)(c3cc4ccccc4s3)C2(C(=O)OCc2ccc(F)cc2)C(C2=CCCC2)c2cccs2)cc1. The van der Waals surface area contributed by atoms with Gasteiger partial charge in [0.25, 0.3) is 0 Å². The molecule has 1 fully saturated rings. The van der Waals surface area contributed by atoms with Gasteiger partial charge in [-0.25, -0.2) is 13.2 Å². The highest BCUT2D eigenvalue weighted by molar-refractivity contribution is 7.19. The molecule has 11 aromatic carbocycles. The zero-order valence-electron chi connectivity index (χ0n) is 62.4. The van der Waals surface area contributed by atoms with E-state index in [1.807, 2.05) is 97.9 Å². The lowest BCUT2D eigenvalue weighted by molar-refractivity contribution is -0.316. The summed E-state index contributed by atoms with van der Waals surface area (Å²) in [5, 5.41) is 4.21. The van der Waals surface area contributed by atoms with Crippen molar-refractivity contribution < 1.29 is 32.2 Å². The molecule has 0 N–H and O–H groups in total. The maximum Gasteiger partial charge on any atom is 0.315 e. The molecule has 7 atom stereocenters. The van der Waals surface area contributed by atoms with Crippen LogP contribution >= 0.6 is 57.5 Å². The first-order valence-corrected chi connectivity index (χ1v) is 40.9. The molecule has 7 unspecified atom stereocenters. The fourth-order valence-electron chi connectivity index (χ4n) is 20.2. The fourth-order valence-corrected chi connectivity index (χ4v) is 23.1. The molecule has 4 nitrogen and oxygen atoms in total. The number of hydrogen-bond acceptors (Lipinski definition) is 6. The van der Waals surface area contributed by atoms with Gasteiger partial charge in [0.05, 0.1) is 10.8 Å². The molecule has 0 spiro atoms. The van der Waals surface area contributed by atoms with Crippen LogP contribution in [0.4, 0.5) is 13.2 Å². The Morgan fingerprint density at radius 3 is 1.72 bits per heavy atom. The molecular weight excluding hydrogens is 1480 g/mol. The molecule has 1 saturated carbocycles. The van der Waals surface area contributed by atoms with Gasteiger partial charge in [-0.15, -0.1) is 22.7 Å². The number of aryl methyl sites for hydroxylation is 3. The van der Waals surface area contributed by atoms with Gasteiger partial charge in [0.1, 0.15) is 30.7 Å². The van der Waals surface area contributed by atoms with Gasteiger partial charge in [0, 0.05) is 57.2 Å². The summed E-state index contributed by atoms with van der Waals surface area (Å²) in [7, 11) is 0. The summed E-state index contributed by atoms with van der Waals surface area (Å²) in [6, 6.07) is 93.5. The Morgan fingerprint density at radius 1 is 0.441 bits per heavy atom. The maximum atomic E-state index is 20.5. The first-order chi connectivity index (χ1) is 53.9. The fraction of sp³-hybridized carbons (Fsp3) is 0.232. The smallest absolute Gasteiger partial charge is 0.315 e. The van der Waals surface area contributed by atoms with Crippen LogP contribution in [-0.4, -0.2) is 11.9 Å². The van der Waals surface area contributed by atoms with Crippen molar-refractivity contribution in [3.63, 3.8) is 0 Å². The van der Waals surface area contributed by atoms with Crippen LogP contribution < -0.4 is 0 Å². The Morgan fingerprint density at radius 2 is 1.04 bits per heavy atom. The van der Waals surface area contributed by atoms with Gasteiger partial charge in [0.15, 0.2) is 0 Å². The summed E-state index contributed by atoms with van der Waals surface area (Å²) in [6.45, 7) is 5.57. The molecule has 2 aromatic heterocycles. The second kappa shape index (κ2) is 32.6. The summed E-state index contributed by atoms with van der Waals surface area (Å²) in [4.78, 5) is 42.3. The van der Waals surface area contributed by atoms with Gasteiger partial charge in [-0.2, -0.15) is 0 Å². The largest absolute Gasteiger partial charge is 0.460 e. The van der Waals surface area contributed by atoms with E-state index in [2.05, 4.69) is 165 Å². The summed E-state index contributed by atoms with van der Waals surface area (Å²) < 4.78 is 69.8. The number of halogens is 6. The van der Waals surface area contributed by atoms with Crippen LogP contribution in [0.3, 0.4) is 0 Å². The number of fused-ring (bicyclic) bond motifs is 1. The summed E-state index contributed by atoms with van der Waals surface area (Å²) >= 11 is 25.5. The second-order valence-corrected chi connectivity index (χ2v) is 34.1. The molecule has 0 radical (unpaired) electrons. The summed E-state index contributed by atoms with van der Waals surface area (Å²) in [5.41, 5.74) is -1.88. The molecule has 111 heavy (non-hydrogen) atoms. The van der Waals surface area contributed by atoms with Crippen LogP contribution in [0.25, 0.3) is 10.1 Å². The van der Waals surface area contributed by atoms with Crippen LogP contribution in [0.2, 0.25) is 15.1 Å². The second-order valence-electron chi connectivity index (χ2n) is 30.8. The van der Waals surface area contributed by atoms with E-state index in [1.54, 1.807) is 59.1 Å². The number of rotatable bonds is 26. The van der Waals surface area contributed by atoms with Crippen LogP contribution in [0.5, 0.6) is 0 Å². The van der Waals surface area contributed by atoms with Crippen molar-refractivity contribution in [2.75, 3.05) is 0 Å². The molecule has 13 aromatic rings. The Hall–Kier alpha value is -9.58. The van der Waals surface area contributed by atoms with E-state index in [4.69, 9.17) is 44.3 Å². The van der Waals surface area contributed by atoms with Crippen LogP contribution in [0.1, 0.15) is 107 Å². The van der Waals surface area contributed by atoms with Gasteiger partial charge in [-0.1, -0.05) is 270 Å². The summed E-state index contributed by atoms with van der Waals surface area (Å²) in [5.74, 6) is -3.98. The molecule has 560 valence electrons. The topological polar surface area (TPSA) is 52.6 Å². The molecule has 2 aliphatic rings. The Bertz CT molecular complexity index is 5480. The minimum absolute atomic E-state index is 0.0338. The number of carbonyl (C=O) groups excluding carboxylic acids is 2. The minimum atomic E-state index is -2.33. The Labute approximate surface area is 672 Å². The van der Waals surface area contributed by atoms with Crippen molar-refractivity contribution in [2.45, 2.75) is 116 Å². The predicted molar refractivity (Wildman–Crippen MR) is 447 cm³/mol. The van der Waals surface area contributed by atoms with Crippen molar-refractivity contribution in [1.82, 2.24) is 0 Å². The lowest BCUT2D eigenvalue weighted by Gasteiger charge is -2.82. The molecular formula is C99H86Cl3F3O4S2. The molecule has 12 heteroatoms. The van der Waals surface area contributed by atoms with E-state index in [1.165, 1.54) is 24.3 Å². The lowest BCUT2D eigenvalue weighted by atomic mass is 9.18. The van der Waals surface area contributed by atoms with E-state index < -0.39 is 67.8 Å². The van der Waals surface area contributed by atoms with E-state index in [0.717, 1.165) is 69.9 Å². The Balaban J connectivity index is 1.35. The molecule has 15 rings (SSSR count). The number of hydrogen-bond donors (Lipinski definition) is 0. The maximum absolute atomic E-state index is 20.5. The minimum Gasteiger partial charge on any atom is -0.460 e. The highest BCUT2D eigenvalue weighted by Gasteiger charge is 2.92. The number of ether oxygens (including phenoxy) is 2. The number of esters is 2. The van der Waals surface area contributed by atoms with Crippen molar-refractivity contribution in [2.24, 2.45) is 27.1 Å². The lowest BCUT2D eigenvalue weighted by Crippen LogP contribution is -2.87. The number of carbonyl (C=O) groups is 2. The predicted octanol–water partition coefficient (Wildman–Crippen LogP) is 25.8. The monoisotopic (exact) mass is 1560 g/mol. The number of benzene rings is 11. The van der Waals surface area contributed by atoms with Crippen LogP contribution in [0, 0.1) is 65.3 Å². The van der Waals surface area contributed by atoms with Gasteiger partial charge in [-0.3, -0.25) is 9.59 Å². The average Bonchev–Trinajstić information content (AvgIpc) is 1.29. The van der Waals surface area contributed by atoms with Gasteiger partial charge in [-0.05, 0) is 242 Å². The highest BCUT2D eigenvalue weighted by atomic mass is 35.5. The molecule has 0 amide bonds. The first-order valence-electron chi connectivity index (χ1n) is 38.1. The summed E-state index contributed by atoms with van der Waals surface area (Å²) in [6.07, 6.45) is 3.72. The molecule has 2 heterocycles. The van der Waals surface area contributed by atoms with E-state index in [0.29, 0.717) is 56.6 Å². The quantitative estimate of drug-likeness (QED) is 0.0400. The van der Waals surface area contributed by atoms with E-state index in [-0.39, 0.29) is 70.1 Å². The average molecular weight is 1570 g/mol. The van der Waals surface area contributed by atoms with Gasteiger partial charge in [0.2, 0.25) is 0 Å². The van der Waals surface area contributed by atoms with Gasteiger partial charge < -0.3 is 9.47 Å². The number of thiophene rings is 2. The van der Waals surface area contributed by atoms with Crippen LogP contribution in [-0.2, 0) is 89.1 Å². The molecule has 0 aliphatic heterocycles. The highest BCUT2D eigenvalue weighted by Crippen LogP contribution is 2.88. The Kier molecular flexibility index (Phi) is 22.6. The normalized spacial score (nSPS) is 21.2. The molecule has 2 aliphatic carbocycles. The zero-order valence-corrected chi connectivity index (χ0v) is 66.3. The van der Waals surface area contributed by atoms with Crippen molar-refractivity contribution in [1.29, 1.82) is 0 Å². The third-order valence-corrected chi connectivity index (χ3v) is 27.6. The van der Waals surface area contributed by atoms with E-state index >= 15 is 22.8 Å². The third kappa shape index (κ3) is 14.3. The van der Waals surface area contributed by atoms with Crippen molar-refractivity contribution in [3.8, 4) is 0 Å². The van der Waals surface area contributed by atoms with Gasteiger partial charge >= 0.3 is 11.9 Å². The standard InChI is InChI=1S/C99H86Cl3F3O4S2/c1-67-40-42-71(43-41-67)59-96(64-80-32-12-15-37-87(80)105)98(62-75-26-18-34-83(101)54-75,92(106)109-66-81-33-11-14-36-86(81)102)94(57-70-23-5-4-6-24-70,60-76-27-19-35-85(104)55-76)95(58-72-44-48-82(100)49-45-72,63-79-31-8-7-22-69(79)3)97(61-74-25-17-21-68(2)53-74,90-56-78-30-13-16-38-88(78)111-90)99(96,93(107)108-65-73-46-50-84(103)51-47-73)91(77-28-9-10-29-77)89-39-20-52-110-89/h4-8,11-28,30-56,91H,9-10,29,57-66H2,1-3H3. The zero-order chi connectivity index (χ0) is 77.0.